The van der Waals surface area contributed by atoms with E-state index in [1.54, 1.807) is 0 Å². The zero-order valence-corrected chi connectivity index (χ0v) is 10.7. The number of hydrogen-bond donors (Lipinski definition) is 0. The maximum atomic E-state index is 11.6. The molecule has 0 spiro atoms. The largest absolute Gasteiger partial charge is 0.467 e. The van der Waals surface area contributed by atoms with Crippen LogP contribution in [0.5, 0.6) is 0 Å². The van der Waals surface area contributed by atoms with Gasteiger partial charge in [-0.05, 0) is 5.56 Å². The minimum absolute atomic E-state index is 0.0595. The van der Waals surface area contributed by atoms with E-state index in [2.05, 4.69) is 0 Å². The van der Waals surface area contributed by atoms with Crippen molar-refractivity contribution in [3.8, 4) is 0 Å². The van der Waals surface area contributed by atoms with Gasteiger partial charge < -0.3 is 14.2 Å². The van der Waals surface area contributed by atoms with E-state index in [4.69, 9.17) is 14.2 Å². The van der Waals surface area contributed by atoms with Crippen molar-refractivity contribution in [2.75, 3.05) is 14.2 Å². The van der Waals surface area contributed by atoms with Crippen LogP contribution in [-0.4, -0.2) is 31.9 Å². The molecule has 0 aliphatic heterocycles. The molecule has 4 heteroatoms. The standard InChI is InChI=1S/C14H18O4/c1-16-13(15)14(17-2)8-12(9-14)18-10-11-6-4-3-5-7-11/h3-7,12H,8-10H2,1-2H3. The van der Waals surface area contributed by atoms with Crippen LogP contribution >= 0.6 is 0 Å². The van der Waals surface area contributed by atoms with Crippen molar-refractivity contribution in [3.05, 3.63) is 35.9 Å². The van der Waals surface area contributed by atoms with Crippen LogP contribution in [0.25, 0.3) is 0 Å². The van der Waals surface area contributed by atoms with Crippen molar-refractivity contribution >= 4 is 5.97 Å². The lowest BCUT2D eigenvalue weighted by Gasteiger charge is -2.43. The summed E-state index contributed by atoms with van der Waals surface area (Å²) in [6.07, 6.45) is 1.18. The molecular formula is C14H18O4. The Morgan fingerprint density at radius 1 is 1.28 bits per heavy atom. The molecule has 2 rings (SSSR count). The molecule has 1 aliphatic carbocycles. The molecule has 1 aliphatic rings. The summed E-state index contributed by atoms with van der Waals surface area (Å²) in [7, 11) is 2.91. The number of esters is 1. The maximum absolute atomic E-state index is 11.6. The van der Waals surface area contributed by atoms with Gasteiger partial charge in [0.1, 0.15) is 0 Å². The first-order chi connectivity index (χ1) is 8.70. The molecule has 0 N–H and O–H groups in total. The predicted molar refractivity (Wildman–Crippen MR) is 66.0 cm³/mol. The molecule has 0 atom stereocenters. The summed E-state index contributed by atoms with van der Waals surface area (Å²) in [6.45, 7) is 0.562. The van der Waals surface area contributed by atoms with E-state index < -0.39 is 5.60 Å². The Morgan fingerprint density at radius 2 is 1.94 bits per heavy atom. The van der Waals surface area contributed by atoms with E-state index in [-0.39, 0.29) is 12.1 Å². The van der Waals surface area contributed by atoms with Gasteiger partial charge >= 0.3 is 5.97 Å². The Labute approximate surface area is 107 Å². The molecule has 98 valence electrons. The van der Waals surface area contributed by atoms with Gasteiger partial charge in [0, 0.05) is 20.0 Å². The van der Waals surface area contributed by atoms with Crippen LogP contribution < -0.4 is 0 Å². The monoisotopic (exact) mass is 250 g/mol. The first-order valence-electron chi connectivity index (χ1n) is 5.99. The maximum Gasteiger partial charge on any atom is 0.338 e. The first-order valence-corrected chi connectivity index (χ1v) is 5.99. The highest BCUT2D eigenvalue weighted by atomic mass is 16.6. The number of carbonyl (C=O) groups is 1. The third kappa shape index (κ3) is 2.54. The molecule has 0 bridgehead atoms. The van der Waals surface area contributed by atoms with Crippen molar-refractivity contribution in [1.29, 1.82) is 0 Å². The van der Waals surface area contributed by atoms with E-state index >= 15 is 0 Å². The molecule has 0 radical (unpaired) electrons. The zero-order valence-electron chi connectivity index (χ0n) is 10.7. The van der Waals surface area contributed by atoms with Gasteiger partial charge in [0.05, 0.1) is 19.8 Å². The highest BCUT2D eigenvalue weighted by Crippen LogP contribution is 2.38. The number of methoxy groups -OCH3 is 2. The van der Waals surface area contributed by atoms with Crippen molar-refractivity contribution in [1.82, 2.24) is 0 Å². The number of hydrogen-bond acceptors (Lipinski definition) is 4. The highest BCUT2D eigenvalue weighted by molar-refractivity contribution is 5.81. The Balaban J connectivity index is 1.80. The van der Waals surface area contributed by atoms with Crippen molar-refractivity contribution in [3.63, 3.8) is 0 Å². The van der Waals surface area contributed by atoms with Gasteiger partial charge in [-0.15, -0.1) is 0 Å². The summed E-state index contributed by atoms with van der Waals surface area (Å²) in [6, 6.07) is 9.96. The minimum atomic E-state index is -0.796. The van der Waals surface area contributed by atoms with Crippen LogP contribution in [0.3, 0.4) is 0 Å². The van der Waals surface area contributed by atoms with Gasteiger partial charge in [0.2, 0.25) is 0 Å². The average molecular weight is 250 g/mol. The Hall–Kier alpha value is -1.39. The summed E-state index contributed by atoms with van der Waals surface area (Å²) in [5.74, 6) is -0.315. The molecule has 18 heavy (non-hydrogen) atoms. The van der Waals surface area contributed by atoms with E-state index in [1.165, 1.54) is 14.2 Å². The molecule has 0 heterocycles. The molecular weight excluding hydrogens is 232 g/mol. The number of ether oxygens (including phenoxy) is 3. The van der Waals surface area contributed by atoms with Crippen LogP contribution in [-0.2, 0) is 25.6 Å². The smallest absolute Gasteiger partial charge is 0.338 e. The predicted octanol–water partition coefficient (Wildman–Crippen LogP) is 1.92. The zero-order chi connectivity index (χ0) is 13.0. The normalized spacial score (nSPS) is 26.4. The molecule has 1 aromatic carbocycles. The third-order valence-corrected chi connectivity index (χ3v) is 3.39. The Bertz CT molecular complexity index is 396. The Morgan fingerprint density at radius 3 is 2.50 bits per heavy atom. The van der Waals surface area contributed by atoms with Crippen LogP contribution in [0.2, 0.25) is 0 Å². The first kappa shape index (κ1) is 13.1. The fourth-order valence-electron chi connectivity index (χ4n) is 2.18. The van der Waals surface area contributed by atoms with Gasteiger partial charge in [0.15, 0.2) is 5.60 Å². The summed E-state index contributed by atoms with van der Waals surface area (Å²) >= 11 is 0. The molecule has 1 fully saturated rings. The topological polar surface area (TPSA) is 44.8 Å². The van der Waals surface area contributed by atoms with Gasteiger partial charge in [-0.2, -0.15) is 0 Å². The van der Waals surface area contributed by atoms with Crippen LogP contribution in [0.1, 0.15) is 18.4 Å². The quantitative estimate of drug-likeness (QED) is 0.749. The van der Waals surface area contributed by atoms with Crippen molar-refractivity contribution in [2.24, 2.45) is 0 Å². The SMILES string of the molecule is COC(=O)C1(OC)CC(OCc2ccccc2)C1. The fourth-order valence-corrected chi connectivity index (χ4v) is 2.18. The number of carbonyl (C=O) groups excluding carboxylic acids is 1. The molecule has 4 nitrogen and oxygen atoms in total. The summed E-state index contributed by atoms with van der Waals surface area (Å²) < 4.78 is 15.7. The second-order valence-corrected chi connectivity index (χ2v) is 4.52. The molecule has 1 aromatic rings. The average Bonchev–Trinajstić information content (AvgIpc) is 2.38. The minimum Gasteiger partial charge on any atom is -0.467 e. The lowest BCUT2D eigenvalue weighted by Crippen LogP contribution is -2.55. The van der Waals surface area contributed by atoms with Crippen molar-refractivity contribution in [2.45, 2.75) is 31.2 Å². The van der Waals surface area contributed by atoms with Gasteiger partial charge in [-0.25, -0.2) is 4.79 Å². The van der Waals surface area contributed by atoms with E-state index in [9.17, 15) is 4.79 Å². The van der Waals surface area contributed by atoms with Gasteiger partial charge in [0.25, 0.3) is 0 Å². The lowest BCUT2D eigenvalue weighted by molar-refractivity contribution is -0.199. The highest BCUT2D eigenvalue weighted by Gasteiger charge is 2.52. The van der Waals surface area contributed by atoms with Crippen molar-refractivity contribution < 1.29 is 19.0 Å². The number of benzene rings is 1. The molecule has 0 aromatic heterocycles. The number of rotatable bonds is 5. The molecule has 0 unspecified atom stereocenters. The van der Waals surface area contributed by atoms with Crippen LogP contribution in [0.15, 0.2) is 30.3 Å². The van der Waals surface area contributed by atoms with Crippen LogP contribution in [0.4, 0.5) is 0 Å². The van der Waals surface area contributed by atoms with E-state index in [1.807, 2.05) is 30.3 Å². The third-order valence-electron chi connectivity index (χ3n) is 3.39. The summed E-state index contributed by atoms with van der Waals surface area (Å²) in [4.78, 5) is 11.6. The molecule has 1 saturated carbocycles. The van der Waals surface area contributed by atoms with Gasteiger partial charge in [-0.3, -0.25) is 0 Å². The second kappa shape index (κ2) is 5.50. The van der Waals surface area contributed by atoms with Crippen LogP contribution in [0, 0.1) is 0 Å². The van der Waals surface area contributed by atoms with Gasteiger partial charge in [-0.1, -0.05) is 30.3 Å². The molecule has 0 saturated heterocycles. The van der Waals surface area contributed by atoms with E-state index in [0.717, 1.165) is 5.56 Å². The van der Waals surface area contributed by atoms with E-state index in [0.29, 0.717) is 19.4 Å². The second-order valence-electron chi connectivity index (χ2n) is 4.52. The Kier molecular flexibility index (Phi) is 3.99. The summed E-state index contributed by atoms with van der Waals surface area (Å²) in [5.41, 5.74) is 0.335. The summed E-state index contributed by atoms with van der Waals surface area (Å²) in [5, 5.41) is 0. The lowest BCUT2D eigenvalue weighted by atomic mass is 9.77. The molecule has 0 amide bonds. The fraction of sp³-hybridized carbons (Fsp3) is 0.500.